The van der Waals surface area contributed by atoms with Crippen LogP contribution in [0.1, 0.15) is 0 Å². The Balaban J connectivity index is 1.35. The minimum absolute atomic E-state index is 0.875. The number of halogens is 1. The molecular weight excluding hydrogens is 499 g/mol. The van der Waals surface area contributed by atoms with Gasteiger partial charge >= 0.3 is 0 Å². The van der Waals surface area contributed by atoms with Gasteiger partial charge in [0.2, 0.25) is 0 Å². The van der Waals surface area contributed by atoms with Gasteiger partial charge in [-0.05, 0) is 71.1 Å². The zero-order chi connectivity index (χ0) is 20.8. The smallest absolute Gasteiger partial charge is 0.138 e. The number of benzene rings is 3. The third-order valence-electron chi connectivity index (χ3n) is 5.80. The standard InChI is InChI=1S/C24H21IN6/c25-17-3-1-2-15(12-17)23-27-19-6-4-16(13-21(19)29-23)24-28-20-7-5-18(14-22(20)30-24)31-10-8-26-9-11-31/h1-7,12-14,26H,8-11H2,(H,27,29)(H,28,30). The Hall–Kier alpha value is -2.91. The van der Waals surface area contributed by atoms with Crippen LogP contribution in [-0.2, 0) is 0 Å². The number of rotatable bonds is 3. The molecule has 3 N–H and O–H groups in total. The molecule has 31 heavy (non-hydrogen) atoms. The summed E-state index contributed by atoms with van der Waals surface area (Å²) >= 11 is 2.33. The number of anilines is 1. The van der Waals surface area contributed by atoms with Gasteiger partial charge in [-0.2, -0.15) is 0 Å². The molecule has 2 aromatic heterocycles. The fourth-order valence-electron chi connectivity index (χ4n) is 4.18. The highest BCUT2D eigenvalue weighted by atomic mass is 127. The van der Waals surface area contributed by atoms with Crippen molar-refractivity contribution in [3.63, 3.8) is 0 Å². The van der Waals surface area contributed by atoms with Gasteiger partial charge in [0.25, 0.3) is 0 Å². The molecule has 0 amide bonds. The van der Waals surface area contributed by atoms with Crippen LogP contribution in [0, 0.1) is 3.57 Å². The fraction of sp³-hybridized carbons (Fsp3) is 0.167. The van der Waals surface area contributed by atoms with E-state index in [0.29, 0.717) is 0 Å². The molecule has 0 spiro atoms. The Labute approximate surface area is 193 Å². The van der Waals surface area contributed by atoms with Crippen LogP contribution in [0.3, 0.4) is 0 Å². The van der Waals surface area contributed by atoms with Crippen LogP contribution in [-0.4, -0.2) is 46.1 Å². The van der Waals surface area contributed by atoms with E-state index in [9.17, 15) is 0 Å². The summed E-state index contributed by atoms with van der Waals surface area (Å²) in [4.78, 5) is 19.0. The highest BCUT2D eigenvalue weighted by molar-refractivity contribution is 14.1. The number of hydrogen-bond acceptors (Lipinski definition) is 4. The van der Waals surface area contributed by atoms with Crippen molar-refractivity contribution in [2.24, 2.45) is 0 Å². The van der Waals surface area contributed by atoms with E-state index in [2.05, 4.69) is 103 Å². The molecule has 6 rings (SSSR count). The minimum atomic E-state index is 0.875. The first-order valence-electron chi connectivity index (χ1n) is 10.4. The average molecular weight is 520 g/mol. The molecule has 0 atom stereocenters. The molecule has 0 radical (unpaired) electrons. The summed E-state index contributed by atoms with van der Waals surface area (Å²) in [6.07, 6.45) is 0. The third-order valence-corrected chi connectivity index (χ3v) is 6.47. The van der Waals surface area contributed by atoms with E-state index in [0.717, 1.165) is 71.0 Å². The number of H-pyrrole nitrogens is 2. The second-order valence-electron chi connectivity index (χ2n) is 7.85. The van der Waals surface area contributed by atoms with Crippen molar-refractivity contribution in [1.29, 1.82) is 0 Å². The number of aromatic amines is 2. The maximum atomic E-state index is 4.83. The number of piperazine rings is 1. The predicted molar refractivity (Wildman–Crippen MR) is 134 cm³/mol. The van der Waals surface area contributed by atoms with Crippen LogP contribution in [0.5, 0.6) is 0 Å². The molecule has 0 saturated carbocycles. The number of aromatic nitrogens is 4. The van der Waals surface area contributed by atoms with Crippen LogP contribution in [0.25, 0.3) is 44.8 Å². The van der Waals surface area contributed by atoms with Crippen molar-refractivity contribution in [2.75, 3.05) is 31.1 Å². The number of imidazole rings is 2. The van der Waals surface area contributed by atoms with Crippen molar-refractivity contribution in [3.8, 4) is 22.8 Å². The maximum Gasteiger partial charge on any atom is 0.138 e. The van der Waals surface area contributed by atoms with Crippen molar-refractivity contribution in [2.45, 2.75) is 0 Å². The van der Waals surface area contributed by atoms with Gasteiger partial charge in [-0.15, -0.1) is 0 Å². The van der Waals surface area contributed by atoms with Crippen LogP contribution < -0.4 is 10.2 Å². The molecule has 3 heterocycles. The van der Waals surface area contributed by atoms with Crippen LogP contribution in [0.15, 0.2) is 60.7 Å². The highest BCUT2D eigenvalue weighted by Gasteiger charge is 2.13. The lowest BCUT2D eigenvalue weighted by Gasteiger charge is -2.29. The van der Waals surface area contributed by atoms with E-state index < -0.39 is 0 Å². The number of nitrogens with zero attached hydrogens (tertiary/aromatic N) is 3. The summed E-state index contributed by atoms with van der Waals surface area (Å²) in [7, 11) is 0. The van der Waals surface area contributed by atoms with Gasteiger partial charge in [0.1, 0.15) is 11.6 Å². The van der Waals surface area contributed by atoms with Gasteiger partial charge in [-0.3, -0.25) is 0 Å². The maximum absolute atomic E-state index is 4.83. The Morgan fingerprint density at radius 2 is 1.42 bits per heavy atom. The van der Waals surface area contributed by atoms with E-state index in [-0.39, 0.29) is 0 Å². The molecule has 7 heteroatoms. The Bertz CT molecular complexity index is 1400. The molecule has 5 aromatic rings. The molecule has 0 bridgehead atoms. The summed E-state index contributed by atoms with van der Waals surface area (Å²) in [6.45, 7) is 4.12. The molecule has 1 aliphatic rings. The lowest BCUT2D eigenvalue weighted by Crippen LogP contribution is -2.43. The second kappa shape index (κ2) is 7.65. The van der Waals surface area contributed by atoms with E-state index in [1.165, 1.54) is 9.26 Å². The highest BCUT2D eigenvalue weighted by Crippen LogP contribution is 2.28. The zero-order valence-electron chi connectivity index (χ0n) is 16.8. The number of nitrogens with one attached hydrogen (secondary N) is 3. The molecular formula is C24H21IN6. The average Bonchev–Trinajstić information content (AvgIpc) is 3.43. The third kappa shape index (κ3) is 3.57. The van der Waals surface area contributed by atoms with Crippen molar-refractivity contribution >= 4 is 50.3 Å². The van der Waals surface area contributed by atoms with Gasteiger partial charge in [0.15, 0.2) is 0 Å². The molecule has 3 aromatic carbocycles. The van der Waals surface area contributed by atoms with Crippen LogP contribution >= 0.6 is 22.6 Å². The second-order valence-corrected chi connectivity index (χ2v) is 9.10. The lowest BCUT2D eigenvalue weighted by atomic mass is 10.2. The Morgan fingerprint density at radius 3 is 2.16 bits per heavy atom. The van der Waals surface area contributed by atoms with E-state index in [4.69, 9.17) is 9.97 Å². The van der Waals surface area contributed by atoms with Crippen LogP contribution in [0.2, 0.25) is 0 Å². The van der Waals surface area contributed by atoms with Crippen molar-refractivity contribution in [1.82, 2.24) is 25.3 Å². The van der Waals surface area contributed by atoms with Gasteiger partial charge in [0.05, 0.1) is 22.1 Å². The SMILES string of the molecule is Ic1cccc(-c2nc3ccc(-c4nc5ccc(N6CCNCC6)cc5[nH]4)cc3[nH]2)c1. The van der Waals surface area contributed by atoms with Crippen LogP contribution in [0.4, 0.5) is 5.69 Å². The number of hydrogen-bond donors (Lipinski definition) is 3. The van der Waals surface area contributed by atoms with E-state index >= 15 is 0 Å². The summed E-state index contributed by atoms with van der Waals surface area (Å²) in [5, 5.41) is 3.41. The quantitative estimate of drug-likeness (QED) is 0.300. The fourth-order valence-corrected chi connectivity index (χ4v) is 4.73. The Morgan fingerprint density at radius 1 is 0.742 bits per heavy atom. The monoisotopic (exact) mass is 520 g/mol. The molecule has 0 aliphatic carbocycles. The first kappa shape index (κ1) is 18.8. The summed E-state index contributed by atoms with van der Waals surface area (Å²) in [6, 6.07) is 21.1. The molecule has 1 saturated heterocycles. The largest absolute Gasteiger partial charge is 0.369 e. The van der Waals surface area contributed by atoms with E-state index in [1.807, 2.05) is 0 Å². The number of fused-ring (bicyclic) bond motifs is 2. The molecule has 1 aliphatic heterocycles. The van der Waals surface area contributed by atoms with Crippen molar-refractivity contribution < 1.29 is 0 Å². The van der Waals surface area contributed by atoms with Gasteiger partial charge in [-0.25, -0.2) is 9.97 Å². The molecule has 6 nitrogen and oxygen atoms in total. The zero-order valence-corrected chi connectivity index (χ0v) is 19.0. The first-order chi connectivity index (χ1) is 15.2. The summed E-state index contributed by atoms with van der Waals surface area (Å²) in [5.74, 6) is 1.76. The topological polar surface area (TPSA) is 72.6 Å². The van der Waals surface area contributed by atoms with Gasteiger partial charge in [-0.1, -0.05) is 12.1 Å². The minimum Gasteiger partial charge on any atom is -0.369 e. The van der Waals surface area contributed by atoms with Crippen molar-refractivity contribution in [3.05, 3.63) is 64.2 Å². The molecule has 1 fully saturated rings. The summed E-state index contributed by atoms with van der Waals surface area (Å²) < 4.78 is 1.19. The molecule has 0 unspecified atom stereocenters. The lowest BCUT2D eigenvalue weighted by molar-refractivity contribution is 0.589. The molecule has 154 valence electrons. The Kier molecular flexibility index (Phi) is 4.65. The first-order valence-corrected chi connectivity index (χ1v) is 11.5. The van der Waals surface area contributed by atoms with Gasteiger partial charge in [0, 0.05) is 46.6 Å². The normalized spacial score (nSPS) is 14.5. The predicted octanol–water partition coefficient (Wildman–Crippen LogP) is 4.79. The summed E-state index contributed by atoms with van der Waals surface area (Å²) in [5.41, 5.74) is 7.39. The van der Waals surface area contributed by atoms with Gasteiger partial charge < -0.3 is 20.2 Å². The van der Waals surface area contributed by atoms with E-state index in [1.54, 1.807) is 0 Å².